The molecule has 0 atom stereocenters. The van der Waals surface area contributed by atoms with Crippen LogP contribution in [0.2, 0.25) is 5.02 Å². The fraction of sp³-hybridized carbons (Fsp3) is 0.105. The molecule has 4 aromatic rings. The molecule has 0 spiro atoms. The predicted octanol–water partition coefficient (Wildman–Crippen LogP) is 5.21. The third-order valence-corrected chi connectivity index (χ3v) is 5.50. The number of hydrogen-bond acceptors (Lipinski definition) is 5. The van der Waals surface area contributed by atoms with Gasteiger partial charge in [-0.1, -0.05) is 11.6 Å². The summed E-state index contributed by atoms with van der Waals surface area (Å²) in [6.45, 7) is 0.428. The second kappa shape index (κ2) is 7.73. The molecule has 146 valence electrons. The van der Waals surface area contributed by atoms with Crippen LogP contribution in [0, 0.1) is 28.8 Å². The summed E-state index contributed by atoms with van der Waals surface area (Å²) < 4.78 is 42.7. The predicted molar refractivity (Wildman–Crippen MR) is 105 cm³/mol. The number of nitrogens with zero attached hydrogens (tertiary/aromatic N) is 4. The molecule has 1 aromatic carbocycles. The molecular formula is C19H11ClF3N5S. The summed E-state index contributed by atoms with van der Waals surface area (Å²) in [5.41, 5.74) is 0.650. The van der Waals surface area contributed by atoms with Crippen LogP contribution in [0.25, 0.3) is 21.5 Å². The first-order valence-electron chi connectivity index (χ1n) is 8.35. The van der Waals surface area contributed by atoms with Crippen LogP contribution >= 0.6 is 22.9 Å². The highest BCUT2D eigenvalue weighted by atomic mass is 35.5. The van der Waals surface area contributed by atoms with E-state index in [9.17, 15) is 18.4 Å². The lowest BCUT2D eigenvalue weighted by atomic mass is 10.2. The fourth-order valence-electron chi connectivity index (χ4n) is 2.99. The molecule has 3 aromatic heterocycles. The van der Waals surface area contributed by atoms with Crippen molar-refractivity contribution in [1.82, 2.24) is 14.5 Å². The molecule has 0 aliphatic carbocycles. The molecule has 1 N–H and O–H groups in total. The number of benzene rings is 1. The number of rotatable bonds is 5. The Bertz CT molecular complexity index is 1260. The van der Waals surface area contributed by atoms with Gasteiger partial charge in [-0.25, -0.2) is 23.1 Å². The van der Waals surface area contributed by atoms with Crippen LogP contribution in [-0.4, -0.2) is 21.1 Å². The van der Waals surface area contributed by atoms with E-state index in [0.717, 1.165) is 6.07 Å². The number of nitriles is 1. The van der Waals surface area contributed by atoms with Crippen molar-refractivity contribution in [1.29, 1.82) is 5.26 Å². The lowest BCUT2D eigenvalue weighted by Crippen LogP contribution is -2.13. The molecular weight excluding hydrogens is 423 g/mol. The normalized spacial score (nSPS) is 11.0. The molecule has 0 bridgehead atoms. The summed E-state index contributed by atoms with van der Waals surface area (Å²) in [5, 5.41) is 14.1. The molecule has 0 saturated heterocycles. The highest BCUT2D eigenvalue weighted by Gasteiger charge is 2.18. The second-order valence-corrected chi connectivity index (χ2v) is 7.37. The Morgan fingerprint density at radius 3 is 2.72 bits per heavy atom. The van der Waals surface area contributed by atoms with E-state index in [4.69, 9.17) is 11.6 Å². The van der Waals surface area contributed by atoms with E-state index in [-0.39, 0.29) is 40.5 Å². The summed E-state index contributed by atoms with van der Waals surface area (Å²) in [4.78, 5) is 8.87. The molecule has 3 heterocycles. The van der Waals surface area contributed by atoms with Gasteiger partial charge in [-0.05, 0) is 18.2 Å². The smallest absolute Gasteiger partial charge is 0.183 e. The maximum atomic E-state index is 14.3. The fourth-order valence-corrected chi connectivity index (χ4v) is 3.95. The molecule has 0 saturated carbocycles. The molecule has 4 rings (SSSR count). The van der Waals surface area contributed by atoms with E-state index < -0.39 is 11.6 Å². The van der Waals surface area contributed by atoms with Crippen LogP contribution in [0.5, 0.6) is 0 Å². The SMILES string of the molecule is N#Cc1cc2c(Cl)cc(F)c(F)c2n1CCNc1cc(-c2cc(F)cs2)ncn1. The first-order valence-corrected chi connectivity index (χ1v) is 9.61. The van der Waals surface area contributed by atoms with Crippen molar-refractivity contribution in [2.24, 2.45) is 0 Å². The van der Waals surface area contributed by atoms with Crippen molar-refractivity contribution < 1.29 is 13.2 Å². The maximum Gasteiger partial charge on any atom is 0.183 e. The molecule has 10 heteroatoms. The molecule has 0 amide bonds. The quantitative estimate of drug-likeness (QED) is 0.438. The molecule has 0 aliphatic rings. The first kappa shape index (κ1) is 19.2. The summed E-state index contributed by atoms with van der Waals surface area (Å²) in [5.74, 6) is -2.00. The van der Waals surface area contributed by atoms with Crippen molar-refractivity contribution >= 4 is 39.7 Å². The van der Waals surface area contributed by atoms with E-state index in [0.29, 0.717) is 16.4 Å². The van der Waals surface area contributed by atoms with E-state index in [2.05, 4.69) is 15.3 Å². The van der Waals surface area contributed by atoms with Crippen molar-refractivity contribution in [2.45, 2.75) is 6.54 Å². The zero-order valence-electron chi connectivity index (χ0n) is 14.6. The monoisotopic (exact) mass is 433 g/mol. The number of aromatic nitrogens is 3. The third kappa shape index (κ3) is 3.64. The zero-order chi connectivity index (χ0) is 20.5. The highest BCUT2D eigenvalue weighted by Crippen LogP contribution is 2.31. The van der Waals surface area contributed by atoms with Crippen LogP contribution in [0.3, 0.4) is 0 Å². The number of fused-ring (bicyclic) bond motifs is 1. The van der Waals surface area contributed by atoms with Gasteiger partial charge in [0, 0.05) is 29.9 Å². The van der Waals surface area contributed by atoms with Gasteiger partial charge >= 0.3 is 0 Å². The molecule has 0 fully saturated rings. The van der Waals surface area contributed by atoms with Gasteiger partial charge < -0.3 is 9.88 Å². The molecule has 0 radical (unpaired) electrons. The van der Waals surface area contributed by atoms with Crippen molar-refractivity contribution in [3.63, 3.8) is 0 Å². The minimum absolute atomic E-state index is 0.0331. The van der Waals surface area contributed by atoms with Gasteiger partial charge in [0.05, 0.1) is 21.1 Å². The van der Waals surface area contributed by atoms with E-state index >= 15 is 0 Å². The van der Waals surface area contributed by atoms with E-state index in [1.54, 1.807) is 6.07 Å². The van der Waals surface area contributed by atoms with Gasteiger partial charge in [-0.2, -0.15) is 5.26 Å². The summed E-state index contributed by atoms with van der Waals surface area (Å²) in [6.07, 6.45) is 1.34. The lowest BCUT2D eigenvalue weighted by Gasteiger charge is -2.10. The van der Waals surface area contributed by atoms with Crippen LogP contribution in [-0.2, 0) is 6.54 Å². The van der Waals surface area contributed by atoms with Crippen LogP contribution in [0.15, 0.2) is 36.0 Å². The zero-order valence-corrected chi connectivity index (χ0v) is 16.2. The standard InChI is InChI=1S/C19H11ClF3N5S/c20-13-5-14(22)18(23)19-12(13)4-11(7-24)28(19)2-1-25-17-6-15(26-9-27-17)16-3-10(21)8-29-16/h3-6,8-9H,1-2H2,(H,25,26,27). The Morgan fingerprint density at radius 2 is 2.00 bits per heavy atom. The molecule has 29 heavy (non-hydrogen) atoms. The minimum Gasteiger partial charge on any atom is -0.368 e. The lowest BCUT2D eigenvalue weighted by molar-refractivity contribution is 0.511. The Hall–Kier alpha value is -3.09. The van der Waals surface area contributed by atoms with Crippen molar-refractivity contribution in [2.75, 3.05) is 11.9 Å². The number of thiophene rings is 1. The summed E-state index contributed by atoms with van der Waals surface area (Å²) in [7, 11) is 0. The number of nitrogens with one attached hydrogen (secondary N) is 1. The maximum absolute atomic E-state index is 14.3. The van der Waals surface area contributed by atoms with Crippen LogP contribution in [0.1, 0.15) is 5.69 Å². The molecule has 5 nitrogen and oxygen atoms in total. The van der Waals surface area contributed by atoms with Gasteiger partial charge in [0.25, 0.3) is 0 Å². The van der Waals surface area contributed by atoms with Gasteiger partial charge in [0.15, 0.2) is 11.6 Å². The highest BCUT2D eigenvalue weighted by molar-refractivity contribution is 7.13. The average molecular weight is 434 g/mol. The first-order chi connectivity index (χ1) is 14.0. The van der Waals surface area contributed by atoms with E-state index in [1.165, 1.54) is 39.7 Å². The Morgan fingerprint density at radius 1 is 1.17 bits per heavy atom. The molecule has 0 unspecified atom stereocenters. The number of anilines is 1. The Labute approximate surface area is 172 Å². The minimum atomic E-state index is -1.08. The number of halogens is 4. The largest absolute Gasteiger partial charge is 0.368 e. The van der Waals surface area contributed by atoms with Crippen LogP contribution < -0.4 is 5.32 Å². The summed E-state index contributed by atoms with van der Waals surface area (Å²) in [6, 6.07) is 7.31. The van der Waals surface area contributed by atoms with Gasteiger partial charge in [0.2, 0.25) is 0 Å². The third-order valence-electron chi connectivity index (χ3n) is 4.27. The molecule has 0 aliphatic heterocycles. The Kier molecular flexibility index (Phi) is 5.13. The number of hydrogen-bond donors (Lipinski definition) is 1. The van der Waals surface area contributed by atoms with Crippen molar-refractivity contribution in [3.05, 3.63) is 64.1 Å². The summed E-state index contributed by atoms with van der Waals surface area (Å²) >= 11 is 7.22. The van der Waals surface area contributed by atoms with Gasteiger partial charge in [-0.15, -0.1) is 11.3 Å². The van der Waals surface area contributed by atoms with Crippen molar-refractivity contribution in [3.8, 4) is 16.6 Å². The van der Waals surface area contributed by atoms with E-state index in [1.807, 2.05) is 6.07 Å². The average Bonchev–Trinajstić information content (AvgIpc) is 3.31. The topological polar surface area (TPSA) is 66.5 Å². The Balaban J connectivity index is 1.58. The van der Waals surface area contributed by atoms with Crippen LogP contribution in [0.4, 0.5) is 19.0 Å². The van der Waals surface area contributed by atoms with Gasteiger partial charge in [0.1, 0.15) is 29.7 Å². The second-order valence-electron chi connectivity index (χ2n) is 6.05. The van der Waals surface area contributed by atoms with Gasteiger partial charge in [-0.3, -0.25) is 0 Å².